The van der Waals surface area contributed by atoms with Gasteiger partial charge in [-0.1, -0.05) is 60.7 Å². The Hall–Kier alpha value is -2.32. The highest BCUT2D eigenvalue weighted by Gasteiger charge is 2.15. The van der Waals surface area contributed by atoms with Crippen molar-refractivity contribution in [2.75, 3.05) is 0 Å². The van der Waals surface area contributed by atoms with E-state index in [0.717, 1.165) is 11.1 Å². The van der Waals surface area contributed by atoms with E-state index in [1.54, 1.807) is 12.9 Å². The summed E-state index contributed by atoms with van der Waals surface area (Å²) >= 11 is 0. The first-order valence-corrected chi connectivity index (χ1v) is 6.55. The summed E-state index contributed by atoms with van der Waals surface area (Å²) in [5.41, 5.74) is 2.23. The molecule has 1 radical (unpaired) electrons. The van der Waals surface area contributed by atoms with E-state index in [4.69, 9.17) is 9.15 Å². The molecular weight excluding hydrogens is 248 g/mol. The molecule has 3 rings (SSSR count). The number of hydrogen-bond donors (Lipinski definition) is 0. The third kappa shape index (κ3) is 2.98. The molecule has 0 unspecified atom stereocenters. The van der Waals surface area contributed by atoms with Gasteiger partial charge in [-0.05, 0) is 23.3 Å². The van der Waals surface area contributed by atoms with Crippen LogP contribution in [0.1, 0.15) is 23.0 Å². The Morgan fingerprint density at radius 2 is 1.35 bits per heavy atom. The quantitative estimate of drug-likeness (QED) is 0.671. The second-order valence-corrected chi connectivity index (χ2v) is 4.47. The Morgan fingerprint density at radius 3 is 1.85 bits per heavy atom. The van der Waals surface area contributed by atoms with E-state index >= 15 is 0 Å². The first kappa shape index (κ1) is 12.7. The largest absolute Gasteiger partial charge is 0.466 e. The minimum absolute atomic E-state index is 0.137. The van der Waals surface area contributed by atoms with Crippen molar-refractivity contribution in [3.05, 3.63) is 103 Å². The van der Waals surface area contributed by atoms with Crippen LogP contribution in [-0.4, -0.2) is 0 Å². The zero-order chi connectivity index (χ0) is 13.6. The number of hydrogen-bond acceptors (Lipinski definition) is 2. The minimum atomic E-state index is -0.137. The van der Waals surface area contributed by atoms with Crippen molar-refractivity contribution in [2.24, 2.45) is 0 Å². The van der Waals surface area contributed by atoms with E-state index in [0.29, 0.717) is 5.76 Å². The SMILES string of the molecule is [CH](OC(c1ccccc1)c1ccccc1)c1ccco1. The standard InChI is InChI=1S/C18H15O2/c1-3-8-15(9-4-1)18(16-10-5-2-6-11-16)20-14-17-12-7-13-19-17/h1-14,18H. The summed E-state index contributed by atoms with van der Waals surface area (Å²) in [5, 5.41) is 0. The second-order valence-electron chi connectivity index (χ2n) is 4.47. The lowest BCUT2D eigenvalue weighted by molar-refractivity contribution is 0.141. The molecule has 1 heterocycles. The molecule has 0 saturated carbocycles. The monoisotopic (exact) mass is 263 g/mol. The zero-order valence-corrected chi connectivity index (χ0v) is 11.0. The number of rotatable bonds is 5. The second kappa shape index (κ2) is 6.22. The van der Waals surface area contributed by atoms with Gasteiger partial charge in [-0.2, -0.15) is 0 Å². The van der Waals surface area contributed by atoms with Crippen molar-refractivity contribution in [1.82, 2.24) is 0 Å². The summed E-state index contributed by atoms with van der Waals surface area (Å²) in [6.45, 7) is 1.66. The van der Waals surface area contributed by atoms with Gasteiger partial charge in [0.05, 0.1) is 6.26 Å². The molecule has 20 heavy (non-hydrogen) atoms. The average molecular weight is 263 g/mol. The van der Waals surface area contributed by atoms with Crippen LogP contribution in [0.5, 0.6) is 0 Å². The molecule has 1 aromatic heterocycles. The lowest BCUT2D eigenvalue weighted by Gasteiger charge is -2.17. The summed E-state index contributed by atoms with van der Waals surface area (Å²) in [7, 11) is 0. The van der Waals surface area contributed by atoms with Gasteiger partial charge in [0.25, 0.3) is 0 Å². The van der Waals surface area contributed by atoms with Crippen molar-refractivity contribution < 1.29 is 9.15 Å². The van der Waals surface area contributed by atoms with E-state index in [9.17, 15) is 0 Å². The molecule has 0 saturated heterocycles. The molecule has 99 valence electrons. The van der Waals surface area contributed by atoms with Crippen molar-refractivity contribution in [2.45, 2.75) is 6.10 Å². The molecule has 0 aliphatic heterocycles. The van der Waals surface area contributed by atoms with Crippen LogP contribution in [0, 0.1) is 6.61 Å². The predicted molar refractivity (Wildman–Crippen MR) is 77.9 cm³/mol. The van der Waals surface area contributed by atoms with Gasteiger partial charge < -0.3 is 9.15 Å². The molecule has 3 aromatic rings. The lowest BCUT2D eigenvalue weighted by atomic mass is 10.0. The summed E-state index contributed by atoms with van der Waals surface area (Å²) in [6, 6.07) is 24.0. The van der Waals surface area contributed by atoms with Gasteiger partial charge in [0, 0.05) is 0 Å². The molecule has 0 amide bonds. The third-order valence-corrected chi connectivity index (χ3v) is 3.07. The van der Waals surface area contributed by atoms with Crippen LogP contribution >= 0.6 is 0 Å². The molecule has 2 heteroatoms. The van der Waals surface area contributed by atoms with Crippen LogP contribution in [0.4, 0.5) is 0 Å². The average Bonchev–Trinajstić information content (AvgIpc) is 3.03. The van der Waals surface area contributed by atoms with Crippen LogP contribution in [0.2, 0.25) is 0 Å². The Labute approximate surface area is 118 Å². The maximum absolute atomic E-state index is 5.94. The Morgan fingerprint density at radius 1 is 0.750 bits per heavy atom. The zero-order valence-electron chi connectivity index (χ0n) is 11.0. The van der Waals surface area contributed by atoms with E-state index in [1.165, 1.54) is 0 Å². The molecule has 0 aliphatic rings. The smallest absolute Gasteiger partial charge is 0.150 e. The van der Waals surface area contributed by atoms with E-state index in [2.05, 4.69) is 24.3 Å². The number of benzene rings is 2. The van der Waals surface area contributed by atoms with Crippen molar-refractivity contribution in [3.8, 4) is 0 Å². The fraction of sp³-hybridized carbons (Fsp3) is 0.0556. The topological polar surface area (TPSA) is 22.4 Å². The summed E-state index contributed by atoms with van der Waals surface area (Å²) in [4.78, 5) is 0. The molecule has 0 bridgehead atoms. The number of furan rings is 1. The first-order valence-electron chi connectivity index (χ1n) is 6.55. The summed E-state index contributed by atoms with van der Waals surface area (Å²) in [6.07, 6.45) is 1.50. The van der Waals surface area contributed by atoms with Crippen molar-refractivity contribution in [1.29, 1.82) is 0 Å². The molecule has 0 N–H and O–H groups in total. The highest BCUT2D eigenvalue weighted by molar-refractivity contribution is 5.30. The van der Waals surface area contributed by atoms with Crippen LogP contribution in [0.15, 0.2) is 83.5 Å². The predicted octanol–water partition coefficient (Wildman–Crippen LogP) is 4.60. The van der Waals surface area contributed by atoms with Crippen LogP contribution in [-0.2, 0) is 4.74 Å². The molecule has 2 aromatic carbocycles. The fourth-order valence-corrected chi connectivity index (χ4v) is 2.10. The van der Waals surface area contributed by atoms with E-state index in [1.807, 2.05) is 48.5 Å². The molecule has 2 nitrogen and oxygen atoms in total. The molecule has 0 aliphatic carbocycles. The van der Waals surface area contributed by atoms with Crippen LogP contribution in [0.25, 0.3) is 0 Å². The van der Waals surface area contributed by atoms with Gasteiger partial charge in [-0.3, -0.25) is 0 Å². The molecule has 0 fully saturated rings. The maximum atomic E-state index is 5.94. The maximum Gasteiger partial charge on any atom is 0.150 e. The Kier molecular flexibility index (Phi) is 3.95. The Bertz CT molecular complexity index is 576. The van der Waals surface area contributed by atoms with Gasteiger partial charge in [-0.15, -0.1) is 0 Å². The fourth-order valence-electron chi connectivity index (χ4n) is 2.10. The number of ether oxygens (including phenoxy) is 1. The van der Waals surface area contributed by atoms with Crippen molar-refractivity contribution in [3.63, 3.8) is 0 Å². The van der Waals surface area contributed by atoms with E-state index < -0.39 is 0 Å². The van der Waals surface area contributed by atoms with Gasteiger partial charge in [0.15, 0.2) is 0 Å². The highest BCUT2D eigenvalue weighted by Crippen LogP contribution is 2.27. The normalized spacial score (nSPS) is 10.8. The van der Waals surface area contributed by atoms with Gasteiger partial charge in [0.1, 0.15) is 18.5 Å². The molecule has 0 atom stereocenters. The van der Waals surface area contributed by atoms with Gasteiger partial charge >= 0.3 is 0 Å². The van der Waals surface area contributed by atoms with Crippen LogP contribution < -0.4 is 0 Å². The first-order chi connectivity index (χ1) is 9.93. The summed E-state index contributed by atoms with van der Waals surface area (Å²) in [5.74, 6) is 0.710. The van der Waals surface area contributed by atoms with Crippen LogP contribution in [0.3, 0.4) is 0 Å². The summed E-state index contributed by atoms with van der Waals surface area (Å²) < 4.78 is 11.2. The Balaban J connectivity index is 1.84. The highest BCUT2D eigenvalue weighted by atomic mass is 16.5. The third-order valence-electron chi connectivity index (χ3n) is 3.07. The minimum Gasteiger partial charge on any atom is -0.466 e. The molecule has 0 spiro atoms. The van der Waals surface area contributed by atoms with Crippen molar-refractivity contribution >= 4 is 0 Å². The van der Waals surface area contributed by atoms with E-state index in [-0.39, 0.29) is 6.10 Å². The molecular formula is C18H15O2. The lowest BCUT2D eigenvalue weighted by Crippen LogP contribution is -2.04. The van der Waals surface area contributed by atoms with Gasteiger partial charge in [-0.25, -0.2) is 0 Å². The van der Waals surface area contributed by atoms with Gasteiger partial charge in [0.2, 0.25) is 0 Å².